The summed E-state index contributed by atoms with van der Waals surface area (Å²) in [7, 11) is 0. The summed E-state index contributed by atoms with van der Waals surface area (Å²) in [6, 6.07) is 13.6. The number of rotatable bonds is 4. The molecule has 4 aliphatic rings. The molecule has 0 saturated carbocycles. The van der Waals surface area contributed by atoms with Crippen molar-refractivity contribution in [3.05, 3.63) is 76.5 Å². The van der Waals surface area contributed by atoms with Crippen LogP contribution in [-0.2, 0) is 11.3 Å². The number of para-hydroxylation sites is 1. The van der Waals surface area contributed by atoms with Crippen molar-refractivity contribution in [3.8, 4) is 11.5 Å². The second kappa shape index (κ2) is 9.82. The SMILES string of the molecule is O=C(O)c1ccc2nc3n(c2n1)C(C1CCO1)C1CN(c2cccc4c2OC(c2ccc(Cl)cc2F)CO4)CCN1C3. The molecule has 42 heavy (non-hydrogen) atoms. The van der Waals surface area contributed by atoms with Gasteiger partial charge in [-0.25, -0.2) is 19.2 Å². The van der Waals surface area contributed by atoms with Gasteiger partial charge in [0.25, 0.3) is 0 Å². The lowest BCUT2D eigenvalue weighted by molar-refractivity contribution is -0.107. The zero-order valence-corrected chi connectivity index (χ0v) is 23.2. The smallest absolute Gasteiger partial charge is 0.354 e. The van der Waals surface area contributed by atoms with E-state index in [4.69, 9.17) is 30.8 Å². The Bertz CT molecular complexity index is 1730. The van der Waals surface area contributed by atoms with Gasteiger partial charge in [0.1, 0.15) is 23.8 Å². The summed E-state index contributed by atoms with van der Waals surface area (Å²) in [5.41, 5.74) is 2.52. The molecule has 1 N–H and O–H groups in total. The number of carboxylic acids is 1. The lowest BCUT2D eigenvalue weighted by Gasteiger charge is -2.52. The van der Waals surface area contributed by atoms with Crippen LogP contribution in [0.5, 0.6) is 11.5 Å². The molecule has 10 nitrogen and oxygen atoms in total. The molecule has 0 bridgehead atoms. The first-order valence-corrected chi connectivity index (χ1v) is 14.4. The molecule has 0 radical (unpaired) electrons. The maximum atomic E-state index is 14.8. The summed E-state index contributed by atoms with van der Waals surface area (Å²) in [4.78, 5) is 25.8. The number of piperazine rings is 1. The summed E-state index contributed by atoms with van der Waals surface area (Å²) in [5, 5.41) is 9.93. The first-order chi connectivity index (χ1) is 20.4. The van der Waals surface area contributed by atoms with Gasteiger partial charge >= 0.3 is 5.97 Å². The van der Waals surface area contributed by atoms with Crippen LogP contribution < -0.4 is 14.4 Å². The maximum absolute atomic E-state index is 14.8. The van der Waals surface area contributed by atoms with E-state index in [2.05, 4.69) is 19.4 Å². The van der Waals surface area contributed by atoms with Crippen LogP contribution in [0.2, 0.25) is 5.02 Å². The number of anilines is 1. The molecule has 4 aliphatic heterocycles. The molecule has 6 heterocycles. The third-order valence-corrected chi connectivity index (χ3v) is 9.01. The van der Waals surface area contributed by atoms with Gasteiger partial charge in [0.15, 0.2) is 28.9 Å². The van der Waals surface area contributed by atoms with E-state index in [1.54, 1.807) is 18.2 Å². The van der Waals surface area contributed by atoms with Crippen molar-refractivity contribution < 1.29 is 28.5 Å². The maximum Gasteiger partial charge on any atom is 0.354 e. The fourth-order valence-corrected chi connectivity index (χ4v) is 6.84. The van der Waals surface area contributed by atoms with Gasteiger partial charge in [-0.15, -0.1) is 0 Å². The molecule has 4 unspecified atom stereocenters. The Morgan fingerprint density at radius 2 is 2.00 bits per heavy atom. The summed E-state index contributed by atoms with van der Waals surface area (Å²) in [6.45, 7) is 3.70. The lowest BCUT2D eigenvalue weighted by atomic mass is 9.91. The molecule has 0 aliphatic carbocycles. The second-order valence-electron chi connectivity index (χ2n) is 11.1. The van der Waals surface area contributed by atoms with Crippen LogP contribution in [0.25, 0.3) is 11.2 Å². The number of pyridine rings is 1. The number of hydrogen-bond acceptors (Lipinski definition) is 8. The standard InChI is InChI=1S/C30H27ClFN5O5/c31-16-4-5-17(18(32)12-16)25-15-41-24-3-1-2-21(28(24)42-25)35-9-10-36-14-26-33-19-6-7-20(30(38)39)34-29(19)37(26)27(22(36)13-35)23-8-11-40-23/h1-7,12,22-23,25,27H,8-11,13-15H2,(H,38,39). The van der Waals surface area contributed by atoms with E-state index in [0.29, 0.717) is 52.9 Å². The van der Waals surface area contributed by atoms with E-state index in [-0.39, 0.29) is 30.5 Å². The van der Waals surface area contributed by atoms with Gasteiger partial charge in [0.05, 0.1) is 30.4 Å². The minimum atomic E-state index is -1.07. The van der Waals surface area contributed by atoms with Crippen molar-refractivity contribution in [1.29, 1.82) is 0 Å². The molecular weight excluding hydrogens is 565 g/mol. The number of carbonyl (C=O) groups is 1. The lowest BCUT2D eigenvalue weighted by Crippen LogP contribution is -2.61. The summed E-state index contributed by atoms with van der Waals surface area (Å²) in [6.07, 6.45) is 0.252. The highest BCUT2D eigenvalue weighted by atomic mass is 35.5. The minimum Gasteiger partial charge on any atom is -0.485 e. The average molecular weight is 592 g/mol. The number of hydrogen-bond donors (Lipinski definition) is 1. The number of carboxylic acid groups (broad SMARTS) is 1. The Kier molecular flexibility index (Phi) is 6.02. The molecule has 8 rings (SSSR count). The fourth-order valence-electron chi connectivity index (χ4n) is 6.69. The number of ether oxygens (including phenoxy) is 3. The van der Waals surface area contributed by atoms with Crippen molar-refractivity contribution >= 4 is 34.4 Å². The van der Waals surface area contributed by atoms with E-state index >= 15 is 0 Å². The predicted molar refractivity (Wildman–Crippen MR) is 151 cm³/mol. The van der Waals surface area contributed by atoms with E-state index in [1.165, 1.54) is 12.1 Å². The van der Waals surface area contributed by atoms with E-state index in [1.807, 2.05) is 18.2 Å². The van der Waals surface area contributed by atoms with Gasteiger partial charge in [-0.3, -0.25) is 4.90 Å². The molecule has 2 saturated heterocycles. The zero-order chi connectivity index (χ0) is 28.5. The largest absolute Gasteiger partial charge is 0.485 e. The van der Waals surface area contributed by atoms with Gasteiger partial charge in [-0.2, -0.15) is 0 Å². The van der Waals surface area contributed by atoms with Crippen molar-refractivity contribution in [2.75, 3.05) is 37.7 Å². The van der Waals surface area contributed by atoms with E-state index < -0.39 is 17.9 Å². The van der Waals surface area contributed by atoms with Crippen LogP contribution in [0.4, 0.5) is 10.1 Å². The van der Waals surface area contributed by atoms with E-state index in [9.17, 15) is 14.3 Å². The van der Waals surface area contributed by atoms with Crippen molar-refractivity contribution in [2.45, 2.75) is 37.3 Å². The summed E-state index contributed by atoms with van der Waals surface area (Å²) < 4.78 is 35.5. The first-order valence-electron chi connectivity index (χ1n) is 14.0. The molecule has 4 atom stereocenters. The van der Waals surface area contributed by atoms with Crippen molar-refractivity contribution in [1.82, 2.24) is 19.4 Å². The topological polar surface area (TPSA) is 102 Å². The highest BCUT2D eigenvalue weighted by Crippen LogP contribution is 2.46. The van der Waals surface area contributed by atoms with Crippen LogP contribution in [0.1, 0.15) is 40.4 Å². The van der Waals surface area contributed by atoms with Crippen LogP contribution in [0.3, 0.4) is 0 Å². The van der Waals surface area contributed by atoms with Gasteiger partial charge in [-0.1, -0.05) is 23.7 Å². The molecule has 2 aromatic carbocycles. The Morgan fingerprint density at radius 1 is 1.12 bits per heavy atom. The summed E-state index contributed by atoms with van der Waals surface area (Å²) in [5.74, 6) is 0.575. The Labute approximate surface area is 245 Å². The third-order valence-electron chi connectivity index (χ3n) is 8.77. The number of nitrogens with zero attached hydrogens (tertiary/aromatic N) is 5. The molecule has 216 valence electrons. The molecular formula is C30H27ClFN5O5. The first kappa shape index (κ1) is 25.8. The van der Waals surface area contributed by atoms with Gasteiger partial charge in [0, 0.05) is 36.8 Å². The third kappa shape index (κ3) is 4.10. The number of fused-ring (bicyclic) bond motifs is 5. The second-order valence-corrected chi connectivity index (χ2v) is 11.5. The highest BCUT2D eigenvalue weighted by molar-refractivity contribution is 6.30. The van der Waals surface area contributed by atoms with Crippen LogP contribution in [0.15, 0.2) is 48.5 Å². The fraction of sp³-hybridized carbons (Fsp3) is 0.367. The normalized spacial score (nSPS) is 25.0. The number of aromatic carboxylic acids is 1. The Balaban J connectivity index is 1.14. The number of aromatic nitrogens is 3. The van der Waals surface area contributed by atoms with Crippen LogP contribution in [0, 0.1) is 5.82 Å². The van der Waals surface area contributed by atoms with Crippen LogP contribution in [-0.4, -0.2) is 75.5 Å². The Morgan fingerprint density at radius 3 is 2.79 bits per heavy atom. The summed E-state index contributed by atoms with van der Waals surface area (Å²) >= 11 is 5.98. The zero-order valence-electron chi connectivity index (χ0n) is 22.5. The van der Waals surface area contributed by atoms with Gasteiger partial charge < -0.3 is 28.8 Å². The molecule has 2 fully saturated rings. The van der Waals surface area contributed by atoms with Crippen molar-refractivity contribution in [3.63, 3.8) is 0 Å². The predicted octanol–water partition coefficient (Wildman–Crippen LogP) is 4.47. The number of benzene rings is 2. The van der Waals surface area contributed by atoms with Crippen molar-refractivity contribution in [2.24, 2.45) is 0 Å². The van der Waals surface area contributed by atoms with Crippen LogP contribution >= 0.6 is 11.6 Å². The number of halogens is 2. The highest BCUT2D eigenvalue weighted by Gasteiger charge is 2.46. The average Bonchev–Trinajstić information content (AvgIpc) is 3.32. The molecule has 0 spiro atoms. The molecule has 4 aromatic rings. The molecule has 12 heteroatoms. The Hall–Kier alpha value is -3.93. The quantitative estimate of drug-likeness (QED) is 0.368. The molecule has 0 amide bonds. The monoisotopic (exact) mass is 591 g/mol. The van der Waals surface area contributed by atoms with E-state index in [0.717, 1.165) is 31.0 Å². The minimum absolute atomic E-state index is 0.00841. The van der Waals surface area contributed by atoms with Gasteiger partial charge in [0.2, 0.25) is 0 Å². The number of imidazole rings is 1. The molecule has 2 aromatic heterocycles. The van der Waals surface area contributed by atoms with Gasteiger partial charge in [-0.05, 0) is 42.8 Å².